The highest BCUT2D eigenvalue weighted by Crippen LogP contribution is 2.34. The lowest BCUT2D eigenvalue weighted by molar-refractivity contribution is 0.525. The van der Waals surface area contributed by atoms with Crippen LogP contribution in [0.3, 0.4) is 0 Å². The van der Waals surface area contributed by atoms with E-state index in [0.717, 1.165) is 25.8 Å². The van der Waals surface area contributed by atoms with Crippen LogP contribution in [0.4, 0.5) is 0 Å². The molecule has 0 heterocycles. The molecule has 1 nitrogen and oxygen atoms in total. The van der Waals surface area contributed by atoms with E-state index in [1.807, 2.05) is 0 Å². The molecule has 0 saturated heterocycles. The van der Waals surface area contributed by atoms with E-state index in [9.17, 15) is 0 Å². The Kier molecular flexibility index (Phi) is 2.64. The van der Waals surface area contributed by atoms with E-state index in [0.29, 0.717) is 5.92 Å². The molecule has 2 aromatic rings. The van der Waals surface area contributed by atoms with Crippen molar-refractivity contribution in [3.8, 4) is 0 Å². The zero-order valence-corrected chi connectivity index (χ0v) is 10.4. The number of hydrogen-bond acceptors (Lipinski definition) is 1. The molecule has 3 rings (SSSR count). The van der Waals surface area contributed by atoms with Gasteiger partial charge in [0.05, 0.1) is 0 Å². The van der Waals surface area contributed by atoms with Crippen LogP contribution in [0.15, 0.2) is 30.3 Å². The van der Waals surface area contributed by atoms with Crippen LogP contribution in [0.1, 0.15) is 23.6 Å². The molecule has 0 aromatic heterocycles. The molecule has 88 valence electrons. The van der Waals surface area contributed by atoms with Gasteiger partial charge < -0.3 is 5.73 Å². The van der Waals surface area contributed by atoms with Crippen LogP contribution in [0.2, 0.25) is 0 Å². The average Bonchev–Trinajstić information content (AvgIpc) is 2.39. The minimum absolute atomic E-state index is 0.626. The number of benzene rings is 2. The van der Waals surface area contributed by atoms with Crippen molar-refractivity contribution in [3.63, 3.8) is 0 Å². The maximum absolute atomic E-state index is 5.88. The van der Waals surface area contributed by atoms with Crippen LogP contribution in [-0.2, 0) is 19.3 Å². The van der Waals surface area contributed by atoms with E-state index in [2.05, 4.69) is 37.3 Å². The quantitative estimate of drug-likeness (QED) is 0.835. The van der Waals surface area contributed by atoms with Crippen LogP contribution < -0.4 is 5.73 Å². The lowest BCUT2D eigenvalue weighted by Crippen LogP contribution is -2.23. The van der Waals surface area contributed by atoms with Crippen molar-refractivity contribution in [2.75, 3.05) is 6.54 Å². The highest BCUT2D eigenvalue weighted by molar-refractivity contribution is 5.90. The molecule has 0 bridgehead atoms. The molecule has 2 aromatic carbocycles. The second-order valence-corrected chi connectivity index (χ2v) is 5.08. The Labute approximate surface area is 103 Å². The average molecular weight is 225 g/mol. The summed E-state index contributed by atoms with van der Waals surface area (Å²) in [6.45, 7) is 3.04. The molecule has 0 saturated carbocycles. The number of hydrogen-bond donors (Lipinski definition) is 1. The summed E-state index contributed by atoms with van der Waals surface area (Å²) in [6.07, 6.45) is 3.43. The molecule has 17 heavy (non-hydrogen) atoms. The van der Waals surface area contributed by atoms with Gasteiger partial charge >= 0.3 is 0 Å². The third-order valence-electron chi connectivity index (χ3n) is 4.05. The lowest BCUT2D eigenvalue weighted by Gasteiger charge is -2.26. The summed E-state index contributed by atoms with van der Waals surface area (Å²) in [6, 6.07) is 11.2. The normalized spacial score (nSPS) is 18.6. The highest BCUT2D eigenvalue weighted by Gasteiger charge is 2.21. The number of nitrogens with two attached hydrogens (primary N) is 1. The van der Waals surface area contributed by atoms with Crippen LogP contribution in [0, 0.1) is 5.92 Å². The van der Waals surface area contributed by atoms with Crippen molar-refractivity contribution in [3.05, 3.63) is 47.0 Å². The predicted molar refractivity (Wildman–Crippen MR) is 73.3 cm³/mol. The molecule has 0 amide bonds. The predicted octanol–water partition coefficient (Wildman–Crippen LogP) is 3.08. The number of aryl methyl sites for hydroxylation is 1. The van der Waals surface area contributed by atoms with E-state index in [-0.39, 0.29) is 0 Å². The molecule has 1 atom stereocenters. The first-order valence-corrected chi connectivity index (χ1v) is 6.56. The smallest absolute Gasteiger partial charge is 0.00425 e. The Hall–Kier alpha value is -1.34. The van der Waals surface area contributed by atoms with Gasteiger partial charge in [0, 0.05) is 0 Å². The molecule has 1 unspecified atom stereocenters. The Morgan fingerprint density at radius 1 is 1.18 bits per heavy atom. The van der Waals surface area contributed by atoms with E-state index in [4.69, 9.17) is 5.73 Å². The maximum Gasteiger partial charge on any atom is -0.00425 e. The third-order valence-corrected chi connectivity index (χ3v) is 4.05. The van der Waals surface area contributed by atoms with Gasteiger partial charge in [-0.3, -0.25) is 0 Å². The SMILES string of the molecule is CCc1ccc2cccc3c2c1CC(CN)C3. The van der Waals surface area contributed by atoms with Gasteiger partial charge in [-0.25, -0.2) is 0 Å². The molecule has 1 aliphatic rings. The zero-order valence-electron chi connectivity index (χ0n) is 10.4. The van der Waals surface area contributed by atoms with E-state index in [1.165, 1.54) is 21.9 Å². The molecule has 0 spiro atoms. The van der Waals surface area contributed by atoms with Gasteiger partial charge in [-0.2, -0.15) is 0 Å². The van der Waals surface area contributed by atoms with Gasteiger partial charge in [-0.05, 0) is 59.2 Å². The van der Waals surface area contributed by atoms with Crippen LogP contribution >= 0.6 is 0 Å². The number of rotatable bonds is 2. The highest BCUT2D eigenvalue weighted by atomic mass is 14.5. The zero-order chi connectivity index (χ0) is 11.8. The summed E-state index contributed by atoms with van der Waals surface area (Å²) in [5.41, 5.74) is 10.4. The van der Waals surface area contributed by atoms with Crippen molar-refractivity contribution in [1.82, 2.24) is 0 Å². The van der Waals surface area contributed by atoms with Gasteiger partial charge in [0.15, 0.2) is 0 Å². The minimum Gasteiger partial charge on any atom is -0.330 e. The first-order chi connectivity index (χ1) is 8.33. The molecule has 0 aliphatic heterocycles. The van der Waals surface area contributed by atoms with Crippen LogP contribution in [0.5, 0.6) is 0 Å². The molecule has 2 N–H and O–H groups in total. The monoisotopic (exact) mass is 225 g/mol. The van der Waals surface area contributed by atoms with Crippen LogP contribution in [-0.4, -0.2) is 6.54 Å². The molecule has 1 heteroatoms. The van der Waals surface area contributed by atoms with Crippen molar-refractivity contribution in [2.45, 2.75) is 26.2 Å². The molecule has 1 aliphatic carbocycles. The molecular formula is C16H19N. The van der Waals surface area contributed by atoms with E-state index >= 15 is 0 Å². The summed E-state index contributed by atoms with van der Waals surface area (Å²) in [7, 11) is 0. The molecular weight excluding hydrogens is 206 g/mol. The van der Waals surface area contributed by atoms with Gasteiger partial charge in [0.25, 0.3) is 0 Å². The summed E-state index contributed by atoms with van der Waals surface area (Å²) in [5.74, 6) is 0.626. The van der Waals surface area contributed by atoms with Crippen molar-refractivity contribution in [1.29, 1.82) is 0 Å². The summed E-state index contributed by atoms with van der Waals surface area (Å²) >= 11 is 0. The fourth-order valence-corrected chi connectivity index (χ4v) is 3.15. The standard InChI is InChI=1S/C16H19N/c1-2-12-6-7-13-4-3-5-14-8-11(10-17)9-15(12)16(13)14/h3-7,11H,2,8-10,17H2,1H3. The topological polar surface area (TPSA) is 26.0 Å². The van der Waals surface area contributed by atoms with Gasteiger partial charge in [0.1, 0.15) is 0 Å². The van der Waals surface area contributed by atoms with E-state index < -0.39 is 0 Å². The van der Waals surface area contributed by atoms with Gasteiger partial charge in [-0.1, -0.05) is 37.3 Å². The third kappa shape index (κ3) is 1.66. The van der Waals surface area contributed by atoms with Crippen molar-refractivity contribution >= 4 is 10.8 Å². The minimum atomic E-state index is 0.626. The lowest BCUT2D eigenvalue weighted by atomic mass is 9.79. The maximum atomic E-state index is 5.88. The summed E-state index contributed by atoms with van der Waals surface area (Å²) in [4.78, 5) is 0. The summed E-state index contributed by atoms with van der Waals surface area (Å²) < 4.78 is 0. The Balaban J connectivity index is 2.29. The van der Waals surface area contributed by atoms with Crippen molar-refractivity contribution in [2.24, 2.45) is 11.7 Å². The molecule has 0 radical (unpaired) electrons. The fourth-order valence-electron chi connectivity index (χ4n) is 3.15. The second kappa shape index (κ2) is 4.15. The first-order valence-electron chi connectivity index (χ1n) is 6.56. The Morgan fingerprint density at radius 2 is 2.06 bits per heavy atom. The van der Waals surface area contributed by atoms with Gasteiger partial charge in [-0.15, -0.1) is 0 Å². The molecule has 0 fully saturated rings. The second-order valence-electron chi connectivity index (χ2n) is 5.08. The Morgan fingerprint density at radius 3 is 2.82 bits per heavy atom. The van der Waals surface area contributed by atoms with E-state index in [1.54, 1.807) is 5.56 Å². The Bertz CT molecular complexity index is 557. The van der Waals surface area contributed by atoms with Crippen molar-refractivity contribution < 1.29 is 0 Å². The fraction of sp³-hybridized carbons (Fsp3) is 0.375. The van der Waals surface area contributed by atoms with Gasteiger partial charge in [0.2, 0.25) is 0 Å². The summed E-state index contributed by atoms with van der Waals surface area (Å²) in [5, 5.41) is 2.90. The first kappa shape index (κ1) is 10.8. The largest absolute Gasteiger partial charge is 0.330 e. The van der Waals surface area contributed by atoms with Crippen LogP contribution in [0.25, 0.3) is 10.8 Å².